The molecule has 0 aliphatic carbocycles. The van der Waals surface area contributed by atoms with Gasteiger partial charge in [0.25, 0.3) is 0 Å². The van der Waals surface area contributed by atoms with E-state index in [1.165, 1.54) is 18.5 Å². The predicted octanol–water partition coefficient (Wildman–Crippen LogP) is 4.85. The van der Waals surface area contributed by atoms with Crippen LogP contribution in [0.4, 0.5) is 18.9 Å². The molecule has 2 aromatic rings. The van der Waals surface area contributed by atoms with Gasteiger partial charge in [-0.1, -0.05) is 17.7 Å². The first-order valence-electron chi connectivity index (χ1n) is 11.8. The second-order valence-corrected chi connectivity index (χ2v) is 9.94. The van der Waals surface area contributed by atoms with Gasteiger partial charge in [-0.25, -0.2) is 4.99 Å². The van der Waals surface area contributed by atoms with E-state index in [9.17, 15) is 23.1 Å². The molecule has 2 atom stereocenters. The number of fused-ring (bicyclic) bond motifs is 1. The summed E-state index contributed by atoms with van der Waals surface area (Å²) < 4.78 is 44.6. The summed E-state index contributed by atoms with van der Waals surface area (Å²) in [6.45, 7) is 4.01. The van der Waals surface area contributed by atoms with E-state index in [0.29, 0.717) is 24.6 Å². The fourth-order valence-corrected chi connectivity index (χ4v) is 4.28. The number of hydrogen-bond acceptors (Lipinski definition) is 7. The topological polar surface area (TPSA) is 98.6 Å². The summed E-state index contributed by atoms with van der Waals surface area (Å²) in [4.78, 5) is 22.8. The summed E-state index contributed by atoms with van der Waals surface area (Å²) in [7, 11) is 0. The number of anilines is 1. The number of aliphatic imine (C=N–C) groups is 2. The van der Waals surface area contributed by atoms with Gasteiger partial charge in [-0.05, 0) is 62.5 Å². The number of benzene rings is 2. The van der Waals surface area contributed by atoms with Crippen LogP contribution < -0.4 is 15.4 Å². The quantitative estimate of drug-likeness (QED) is 0.437. The van der Waals surface area contributed by atoms with Crippen LogP contribution in [-0.4, -0.2) is 58.9 Å². The first kappa shape index (κ1) is 27.5. The Balaban J connectivity index is 1.39. The second-order valence-electron chi connectivity index (χ2n) is 9.53. The number of alkyl halides is 3. The minimum Gasteiger partial charge on any atom is -0.456 e. The molecule has 0 fully saturated rings. The van der Waals surface area contributed by atoms with E-state index in [4.69, 9.17) is 16.3 Å². The van der Waals surface area contributed by atoms with Crippen LogP contribution in [0.2, 0.25) is 5.02 Å². The zero-order chi connectivity index (χ0) is 27.5. The van der Waals surface area contributed by atoms with E-state index in [2.05, 4.69) is 20.6 Å². The van der Waals surface area contributed by atoms with E-state index < -0.39 is 17.3 Å². The number of ether oxygens (including phenoxy) is 1. The minimum absolute atomic E-state index is 0.00167. The Morgan fingerprint density at radius 1 is 1.21 bits per heavy atom. The highest BCUT2D eigenvalue weighted by atomic mass is 35.5. The molecule has 4 rings (SSSR count). The zero-order valence-electron chi connectivity index (χ0n) is 20.7. The molecule has 0 saturated carbocycles. The van der Waals surface area contributed by atoms with Gasteiger partial charge in [-0.3, -0.25) is 9.79 Å². The van der Waals surface area contributed by atoms with Gasteiger partial charge in [-0.2, -0.15) is 13.2 Å². The first-order valence-corrected chi connectivity index (χ1v) is 12.2. The van der Waals surface area contributed by atoms with Crippen LogP contribution in [0.15, 0.2) is 64.7 Å². The van der Waals surface area contributed by atoms with Crippen molar-refractivity contribution < 1.29 is 27.8 Å². The molecule has 3 N–H and O–H groups in total. The fourth-order valence-electron chi connectivity index (χ4n) is 4.06. The Morgan fingerprint density at radius 3 is 2.71 bits per heavy atom. The molecule has 0 bridgehead atoms. The molecular weight excluding hydrogens is 523 g/mol. The van der Waals surface area contributed by atoms with E-state index in [1.54, 1.807) is 32.0 Å². The number of rotatable bonds is 8. The van der Waals surface area contributed by atoms with Crippen molar-refractivity contribution in [2.45, 2.75) is 44.1 Å². The molecule has 0 saturated heterocycles. The largest absolute Gasteiger partial charge is 0.456 e. The molecule has 38 heavy (non-hydrogen) atoms. The van der Waals surface area contributed by atoms with Gasteiger partial charge >= 0.3 is 6.18 Å². The van der Waals surface area contributed by atoms with Crippen LogP contribution in [0.5, 0.6) is 11.5 Å². The fraction of sp³-hybridized carbons (Fsp3) is 0.346. The maximum absolute atomic E-state index is 13.0. The van der Waals surface area contributed by atoms with Gasteiger partial charge in [0.2, 0.25) is 5.91 Å². The highest BCUT2D eigenvalue weighted by molar-refractivity contribution is 6.32. The molecule has 2 aliphatic rings. The molecule has 202 valence electrons. The van der Waals surface area contributed by atoms with E-state index in [0.717, 1.165) is 12.1 Å². The first-order chi connectivity index (χ1) is 17.9. The average molecular weight is 550 g/mol. The third-order valence-corrected chi connectivity index (χ3v) is 6.05. The summed E-state index contributed by atoms with van der Waals surface area (Å²) in [5, 5.41) is 16.0. The lowest BCUT2D eigenvalue weighted by atomic mass is 10.1. The molecule has 12 heteroatoms. The highest BCUT2D eigenvalue weighted by Gasteiger charge is 2.35. The van der Waals surface area contributed by atoms with Gasteiger partial charge < -0.3 is 25.4 Å². The second kappa shape index (κ2) is 11.0. The van der Waals surface area contributed by atoms with E-state index in [-0.39, 0.29) is 40.9 Å². The van der Waals surface area contributed by atoms with E-state index >= 15 is 0 Å². The number of nitrogens with zero attached hydrogens (tertiary/aromatic N) is 3. The van der Waals surface area contributed by atoms with Gasteiger partial charge in [0.15, 0.2) is 0 Å². The summed E-state index contributed by atoms with van der Waals surface area (Å²) in [5.74, 6) is 0.585. The Morgan fingerprint density at radius 2 is 2.00 bits per heavy atom. The molecule has 0 aromatic heterocycles. The zero-order valence-corrected chi connectivity index (χ0v) is 21.4. The van der Waals surface area contributed by atoms with Crippen molar-refractivity contribution in [1.82, 2.24) is 10.2 Å². The van der Waals surface area contributed by atoms with Crippen molar-refractivity contribution in [1.29, 1.82) is 0 Å². The maximum atomic E-state index is 13.0. The van der Waals surface area contributed by atoms with Crippen LogP contribution in [0.1, 0.15) is 25.8 Å². The maximum Gasteiger partial charge on any atom is 0.416 e. The number of carbonyl (C=O) groups excluding carboxylic acids is 1. The standard InChI is InChI=1S/C26H27ClF3N5O3/c1-25(2,37)14-22(36)31-9-11-35-10-8-20-23(35)24(33-15-32-20)34-17-6-7-21(19(27)13-17)38-18-5-3-4-16(12-18)26(28,29)30/h3-8,10,12-13,15,20,23,37H,9,11,14H2,1-2H3,(H,31,36)(H,32,33,34). The Kier molecular flexibility index (Phi) is 7.98. The summed E-state index contributed by atoms with van der Waals surface area (Å²) in [6, 6.07) is 9.00. The molecule has 0 radical (unpaired) electrons. The lowest BCUT2D eigenvalue weighted by molar-refractivity contribution is -0.137. The number of carbonyl (C=O) groups is 1. The number of amides is 1. The van der Waals surface area contributed by atoms with Crippen molar-refractivity contribution >= 4 is 35.4 Å². The molecule has 2 heterocycles. The van der Waals surface area contributed by atoms with Crippen molar-refractivity contribution in [2.24, 2.45) is 9.98 Å². The van der Waals surface area contributed by atoms with Crippen LogP contribution >= 0.6 is 11.6 Å². The van der Waals surface area contributed by atoms with Crippen LogP contribution in [0.25, 0.3) is 0 Å². The molecule has 2 unspecified atom stereocenters. The van der Waals surface area contributed by atoms with Crippen molar-refractivity contribution in [2.75, 3.05) is 18.4 Å². The Labute approximate surface area is 222 Å². The van der Waals surface area contributed by atoms with E-state index in [1.807, 2.05) is 17.2 Å². The smallest absolute Gasteiger partial charge is 0.416 e. The van der Waals surface area contributed by atoms with Crippen molar-refractivity contribution in [3.8, 4) is 11.5 Å². The Hall–Kier alpha value is -3.57. The number of halogens is 4. The molecule has 8 nitrogen and oxygen atoms in total. The van der Waals surface area contributed by atoms with Gasteiger partial charge in [-0.15, -0.1) is 0 Å². The monoisotopic (exact) mass is 549 g/mol. The lowest BCUT2D eigenvalue weighted by Gasteiger charge is -2.31. The molecule has 2 aliphatic heterocycles. The number of amidine groups is 1. The summed E-state index contributed by atoms with van der Waals surface area (Å²) in [6.07, 6.45) is 0.825. The van der Waals surface area contributed by atoms with Crippen molar-refractivity contribution in [3.63, 3.8) is 0 Å². The summed E-state index contributed by atoms with van der Waals surface area (Å²) >= 11 is 6.38. The number of nitrogens with one attached hydrogen (secondary N) is 2. The normalized spacial score (nSPS) is 18.7. The number of aliphatic hydroxyl groups is 1. The number of hydrogen-bond donors (Lipinski definition) is 3. The third-order valence-electron chi connectivity index (χ3n) is 5.75. The highest BCUT2D eigenvalue weighted by Crippen LogP contribution is 2.35. The minimum atomic E-state index is -4.48. The van der Waals surface area contributed by atoms with Gasteiger partial charge in [0, 0.05) is 18.8 Å². The molecule has 2 aromatic carbocycles. The molecular formula is C26H27ClF3N5O3. The predicted molar refractivity (Wildman–Crippen MR) is 140 cm³/mol. The Bertz CT molecular complexity index is 1270. The average Bonchev–Trinajstić information content (AvgIpc) is 3.23. The summed E-state index contributed by atoms with van der Waals surface area (Å²) in [5.41, 5.74) is -1.30. The van der Waals surface area contributed by atoms with Crippen LogP contribution in [0, 0.1) is 0 Å². The van der Waals surface area contributed by atoms with Gasteiger partial charge in [0.1, 0.15) is 29.7 Å². The third kappa shape index (κ3) is 7.05. The van der Waals surface area contributed by atoms with Crippen LogP contribution in [-0.2, 0) is 11.0 Å². The molecule has 0 spiro atoms. The lowest BCUT2D eigenvalue weighted by Crippen LogP contribution is -2.48. The van der Waals surface area contributed by atoms with Crippen LogP contribution in [0.3, 0.4) is 0 Å². The molecule has 1 amide bonds. The van der Waals surface area contributed by atoms with Crippen molar-refractivity contribution in [3.05, 3.63) is 65.3 Å². The van der Waals surface area contributed by atoms with Gasteiger partial charge in [0.05, 0.1) is 28.6 Å². The SMILES string of the molecule is CC(C)(O)CC(=O)NCCN1C=CC2N=CN=C(Nc3ccc(Oc4cccc(C(F)(F)F)c4)c(Cl)c3)C21.